The topological polar surface area (TPSA) is 43.4 Å². The van der Waals surface area contributed by atoms with Gasteiger partial charge in [-0.15, -0.1) is 0 Å². The van der Waals surface area contributed by atoms with E-state index in [0.29, 0.717) is 0 Å². The van der Waals surface area contributed by atoms with Gasteiger partial charge < -0.3 is 4.55 Å². The largest absolute Gasteiger partial charge is 0.758 e. The summed E-state index contributed by atoms with van der Waals surface area (Å²) < 4.78 is 18.8. The molecule has 0 aliphatic carbocycles. The van der Waals surface area contributed by atoms with Gasteiger partial charge >= 0.3 is 0 Å². The molecule has 1 atom stereocenters. The van der Waals surface area contributed by atoms with Crippen LogP contribution in [0.3, 0.4) is 0 Å². The summed E-state index contributed by atoms with van der Waals surface area (Å²) in [6.45, 7) is 0. The van der Waals surface area contributed by atoms with Gasteiger partial charge in [0.05, 0.1) is 11.3 Å². The number of halogens is 2. The van der Waals surface area contributed by atoms with Crippen LogP contribution in [0.2, 0.25) is 0 Å². The molecule has 6 heavy (non-hydrogen) atoms. The smallest absolute Gasteiger partial charge is 0.0519 e. The van der Waals surface area contributed by atoms with Crippen molar-refractivity contribution in [2.45, 2.75) is 0 Å². The van der Waals surface area contributed by atoms with Gasteiger partial charge in [0.15, 0.2) is 0 Å². The van der Waals surface area contributed by atoms with E-state index in [0.717, 1.165) is 0 Å². The summed E-state index contributed by atoms with van der Waals surface area (Å²) in [5, 5.41) is 0. The zero-order valence-electron chi connectivity index (χ0n) is 2.43. The summed E-state index contributed by atoms with van der Waals surface area (Å²) in [6, 6.07) is 0. The minimum atomic E-state index is -2.50. The van der Waals surface area contributed by atoms with E-state index in [4.69, 9.17) is 0 Å². The molecule has 0 saturated heterocycles. The van der Waals surface area contributed by atoms with Crippen LogP contribution in [0.1, 0.15) is 0 Å². The molecule has 38 valence electrons. The molecule has 0 fully saturated rings. The SMILES string of the molecule is O=S([O-])N(Cl)Cl. The summed E-state index contributed by atoms with van der Waals surface area (Å²) in [4.78, 5) is 0. The lowest BCUT2D eigenvalue weighted by atomic mass is 13.9. The molecule has 0 rings (SSSR count). The molecule has 0 N–H and O–H groups in total. The number of rotatable bonds is 1. The van der Waals surface area contributed by atoms with E-state index in [1.165, 1.54) is 0 Å². The average Bonchev–Trinajstić information content (AvgIpc) is 1.36. The highest BCUT2D eigenvalue weighted by Crippen LogP contribution is 1.98. The second-order valence-electron chi connectivity index (χ2n) is 0.419. The standard InChI is InChI=1S/Cl2HNO2S/c1-3(2)6(4)5/h(H,4,5)/p-1. The lowest BCUT2D eigenvalue weighted by molar-refractivity contribution is 0.520. The molecule has 1 unspecified atom stereocenters. The fraction of sp³-hybridized carbons (Fsp3) is 0. The van der Waals surface area contributed by atoms with Crippen molar-refractivity contribution in [2.24, 2.45) is 0 Å². The van der Waals surface area contributed by atoms with Gasteiger partial charge in [0.1, 0.15) is 0 Å². The third-order valence-corrected chi connectivity index (χ3v) is 1.01. The van der Waals surface area contributed by atoms with E-state index >= 15 is 0 Å². The maximum Gasteiger partial charge on any atom is 0.0519 e. The molecule has 0 amide bonds. The first kappa shape index (κ1) is 6.65. The van der Waals surface area contributed by atoms with Crippen molar-refractivity contribution in [3.05, 3.63) is 0 Å². The first-order valence-electron chi connectivity index (χ1n) is 0.854. The van der Waals surface area contributed by atoms with E-state index in [1.54, 1.807) is 0 Å². The molecule has 3 nitrogen and oxygen atoms in total. The van der Waals surface area contributed by atoms with Crippen LogP contribution in [0.5, 0.6) is 0 Å². The third kappa shape index (κ3) is 2.87. The van der Waals surface area contributed by atoms with E-state index in [-0.39, 0.29) is 3.34 Å². The molecule has 0 heterocycles. The van der Waals surface area contributed by atoms with Crippen LogP contribution < -0.4 is 0 Å². The second-order valence-corrected chi connectivity index (χ2v) is 2.47. The first-order chi connectivity index (χ1) is 2.64. The molecule has 0 aliphatic heterocycles. The summed E-state index contributed by atoms with van der Waals surface area (Å²) in [6.07, 6.45) is 0. The Morgan fingerprint density at radius 3 is 1.83 bits per heavy atom. The Balaban J connectivity index is 3.26. The Labute approximate surface area is 47.5 Å². The lowest BCUT2D eigenvalue weighted by Crippen LogP contribution is -1.99. The molecule has 0 bridgehead atoms. The lowest BCUT2D eigenvalue weighted by Gasteiger charge is -2.03. The molecule has 0 aromatic carbocycles. The minimum absolute atomic E-state index is 0.0278. The number of hydrogen-bond acceptors (Lipinski definition) is 2. The number of hydrogen-bond donors (Lipinski definition) is 0. The van der Waals surface area contributed by atoms with Crippen molar-refractivity contribution in [2.75, 3.05) is 0 Å². The van der Waals surface area contributed by atoms with Crippen molar-refractivity contribution < 1.29 is 8.76 Å². The molecule has 0 radical (unpaired) electrons. The molecule has 0 aromatic heterocycles. The van der Waals surface area contributed by atoms with Crippen LogP contribution in [0.4, 0.5) is 0 Å². The Hall–Kier alpha value is 0.650. The Kier molecular flexibility index (Phi) is 3.06. The summed E-state index contributed by atoms with van der Waals surface area (Å²) in [5.74, 6) is 0. The van der Waals surface area contributed by atoms with Crippen LogP contribution >= 0.6 is 23.6 Å². The fourth-order valence-corrected chi connectivity index (χ4v) is 0. The first-order valence-corrected chi connectivity index (χ1v) is 2.56. The van der Waals surface area contributed by atoms with Crippen molar-refractivity contribution in [1.82, 2.24) is 3.34 Å². The van der Waals surface area contributed by atoms with Crippen LogP contribution in [0, 0.1) is 0 Å². The molecule has 0 aliphatic rings. The van der Waals surface area contributed by atoms with Gasteiger partial charge in [-0.1, -0.05) is 3.34 Å². The van der Waals surface area contributed by atoms with Crippen molar-refractivity contribution in [1.29, 1.82) is 0 Å². The fourth-order valence-electron chi connectivity index (χ4n) is 0. The predicted molar refractivity (Wildman–Crippen MR) is 22.5 cm³/mol. The Morgan fingerprint density at radius 1 is 1.67 bits per heavy atom. The van der Waals surface area contributed by atoms with E-state index in [2.05, 4.69) is 23.6 Å². The number of nitrogens with zero attached hydrogens (tertiary/aromatic N) is 1. The normalized spacial score (nSPS) is 15.3. The zero-order chi connectivity index (χ0) is 5.15. The summed E-state index contributed by atoms with van der Waals surface area (Å²) >= 11 is 6.69. The molecule has 0 saturated carbocycles. The average molecular weight is 149 g/mol. The highest BCUT2D eigenvalue weighted by Gasteiger charge is 1.86. The summed E-state index contributed by atoms with van der Waals surface area (Å²) in [7, 11) is 0. The molecular weight excluding hydrogens is 149 g/mol. The van der Waals surface area contributed by atoms with Crippen LogP contribution in [0.15, 0.2) is 0 Å². The van der Waals surface area contributed by atoms with Crippen molar-refractivity contribution in [3.8, 4) is 0 Å². The van der Waals surface area contributed by atoms with Crippen molar-refractivity contribution >= 4 is 34.8 Å². The van der Waals surface area contributed by atoms with Gasteiger partial charge in [-0.05, 0) is 0 Å². The predicted octanol–water partition coefficient (Wildman–Crippen LogP) is 0.390. The van der Waals surface area contributed by atoms with E-state index in [1.807, 2.05) is 0 Å². The maximum atomic E-state index is 9.36. The van der Waals surface area contributed by atoms with Crippen LogP contribution in [-0.4, -0.2) is 12.1 Å². The van der Waals surface area contributed by atoms with Crippen LogP contribution in [0.25, 0.3) is 0 Å². The highest BCUT2D eigenvalue weighted by molar-refractivity contribution is 7.78. The van der Waals surface area contributed by atoms with Gasteiger partial charge in [0.25, 0.3) is 0 Å². The second kappa shape index (κ2) is 2.76. The zero-order valence-corrected chi connectivity index (χ0v) is 4.76. The maximum absolute atomic E-state index is 9.36. The van der Waals surface area contributed by atoms with Gasteiger partial charge in [0.2, 0.25) is 0 Å². The molecule has 6 heteroatoms. The highest BCUT2D eigenvalue weighted by atomic mass is 35.5. The van der Waals surface area contributed by atoms with Gasteiger partial charge in [-0.3, -0.25) is 4.21 Å². The molecule has 0 spiro atoms. The minimum Gasteiger partial charge on any atom is -0.758 e. The van der Waals surface area contributed by atoms with Crippen molar-refractivity contribution in [3.63, 3.8) is 0 Å². The Bertz CT molecular complexity index is 62.6. The molecular formula is Cl2NO2S-. The quantitative estimate of drug-likeness (QED) is 0.399. The third-order valence-electron chi connectivity index (χ3n) is 0.113. The van der Waals surface area contributed by atoms with Gasteiger partial charge in [-0.25, -0.2) is 0 Å². The Morgan fingerprint density at radius 2 is 1.83 bits per heavy atom. The summed E-state index contributed by atoms with van der Waals surface area (Å²) in [5.41, 5.74) is 0. The van der Waals surface area contributed by atoms with Gasteiger partial charge in [-0.2, -0.15) is 0 Å². The van der Waals surface area contributed by atoms with Gasteiger partial charge in [0, 0.05) is 23.6 Å². The van der Waals surface area contributed by atoms with Crippen LogP contribution in [-0.2, 0) is 11.3 Å². The van der Waals surface area contributed by atoms with E-state index in [9.17, 15) is 8.76 Å². The van der Waals surface area contributed by atoms with E-state index < -0.39 is 11.3 Å². The monoisotopic (exact) mass is 148 g/mol. The molecule has 0 aromatic rings.